The van der Waals surface area contributed by atoms with Crippen molar-refractivity contribution in [3.63, 3.8) is 0 Å². The van der Waals surface area contributed by atoms with Gasteiger partial charge < -0.3 is 18.9 Å². The van der Waals surface area contributed by atoms with Gasteiger partial charge in [0.15, 0.2) is 0 Å². The van der Waals surface area contributed by atoms with Gasteiger partial charge >= 0.3 is 11.9 Å². The van der Waals surface area contributed by atoms with Crippen LogP contribution in [-0.4, -0.2) is 38.4 Å². The molecular weight excluding hydrogens is 416 g/mol. The molecular formula is C20H21BrO6. The number of carbonyl (C=O) groups excluding carboxylic acids is 2. The van der Waals surface area contributed by atoms with E-state index in [1.807, 2.05) is 13.8 Å². The van der Waals surface area contributed by atoms with E-state index in [0.717, 1.165) is 4.47 Å². The summed E-state index contributed by atoms with van der Waals surface area (Å²) >= 11 is 3.34. The quantitative estimate of drug-likeness (QED) is 0.349. The Morgan fingerprint density at radius 1 is 1.04 bits per heavy atom. The molecule has 0 heterocycles. The molecule has 6 nitrogen and oxygen atoms in total. The Kier molecular flexibility index (Phi) is 7.82. The van der Waals surface area contributed by atoms with Crippen LogP contribution in [0.25, 0.3) is 0 Å². The Balaban J connectivity index is 2.15. The second-order valence-corrected chi connectivity index (χ2v) is 6.77. The number of halogens is 1. The monoisotopic (exact) mass is 436 g/mol. The molecule has 0 atom stereocenters. The SMILES string of the molecule is COCCOC(=O)c1cccc(OC(=O)c2cc(Br)ccc2OC(C)C)c1. The molecule has 0 aliphatic rings. The van der Waals surface area contributed by atoms with Gasteiger partial charge in [-0.05, 0) is 50.2 Å². The predicted octanol–water partition coefficient (Wildman–Crippen LogP) is 4.26. The predicted molar refractivity (Wildman–Crippen MR) is 103 cm³/mol. The summed E-state index contributed by atoms with van der Waals surface area (Å²) in [5, 5.41) is 0. The van der Waals surface area contributed by atoms with Crippen molar-refractivity contribution >= 4 is 27.9 Å². The van der Waals surface area contributed by atoms with Crippen LogP contribution in [0.5, 0.6) is 11.5 Å². The van der Waals surface area contributed by atoms with E-state index in [0.29, 0.717) is 12.4 Å². The summed E-state index contributed by atoms with van der Waals surface area (Å²) in [4.78, 5) is 24.6. The van der Waals surface area contributed by atoms with Crippen molar-refractivity contribution < 1.29 is 28.5 Å². The van der Waals surface area contributed by atoms with Crippen LogP contribution >= 0.6 is 15.9 Å². The van der Waals surface area contributed by atoms with E-state index in [4.69, 9.17) is 18.9 Å². The summed E-state index contributed by atoms with van der Waals surface area (Å²) in [5.74, 6) is -0.446. The van der Waals surface area contributed by atoms with Crippen LogP contribution in [0.2, 0.25) is 0 Å². The Morgan fingerprint density at radius 3 is 2.52 bits per heavy atom. The molecule has 2 rings (SSSR count). The minimum absolute atomic E-state index is 0.0945. The summed E-state index contributed by atoms with van der Waals surface area (Å²) in [6.45, 7) is 4.20. The van der Waals surface area contributed by atoms with Crippen LogP contribution in [0.1, 0.15) is 34.6 Å². The van der Waals surface area contributed by atoms with Crippen LogP contribution in [0.15, 0.2) is 46.9 Å². The number of methoxy groups -OCH3 is 1. The maximum atomic E-state index is 12.6. The first-order valence-electron chi connectivity index (χ1n) is 8.35. The van der Waals surface area contributed by atoms with E-state index in [9.17, 15) is 9.59 Å². The normalized spacial score (nSPS) is 10.6. The molecule has 0 radical (unpaired) electrons. The molecule has 144 valence electrons. The van der Waals surface area contributed by atoms with Crippen molar-refractivity contribution in [3.05, 3.63) is 58.1 Å². The molecule has 0 fully saturated rings. The molecule has 0 saturated carbocycles. The van der Waals surface area contributed by atoms with Crippen molar-refractivity contribution in [2.75, 3.05) is 20.3 Å². The number of rotatable bonds is 8. The molecule has 0 N–H and O–H groups in total. The molecule has 27 heavy (non-hydrogen) atoms. The number of hydrogen-bond donors (Lipinski definition) is 0. The van der Waals surface area contributed by atoms with Crippen molar-refractivity contribution in [2.45, 2.75) is 20.0 Å². The van der Waals surface area contributed by atoms with Crippen LogP contribution in [-0.2, 0) is 9.47 Å². The minimum Gasteiger partial charge on any atom is -0.490 e. The fourth-order valence-corrected chi connectivity index (χ4v) is 2.53. The van der Waals surface area contributed by atoms with Gasteiger partial charge in [-0.15, -0.1) is 0 Å². The van der Waals surface area contributed by atoms with Crippen molar-refractivity contribution in [1.29, 1.82) is 0 Å². The standard InChI is InChI=1S/C20H21BrO6/c1-13(2)26-18-8-7-15(21)12-17(18)20(23)27-16-6-4-5-14(11-16)19(22)25-10-9-24-3/h4-8,11-13H,9-10H2,1-3H3. The van der Waals surface area contributed by atoms with Gasteiger partial charge in [0.2, 0.25) is 0 Å². The first-order valence-corrected chi connectivity index (χ1v) is 9.14. The second-order valence-electron chi connectivity index (χ2n) is 5.85. The van der Waals surface area contributed by atoms with Crippen LogP contribution in [0.3, 0.4) is 0 Å². The summed E-state index contributed by atoms with van der Waals surface area (Å²) in [7, 11) is 1.52. The highest BCUT2D eigenvalue weighted by atomic mass is 79.9. The molecule has 0 aromatic heterocycles. The molecule has 0 bridgehead atoms. The molecule has 0 spiro atoms. The fraction of sp³-hybridized carbons (Fsp3) is 0.300. The molecule has 0 aliphatic heterocycles. The summed E-state index contributed by atoms with van der Waals surface area (Å²) in [6.07, 6.45) is -0.0945. The number of benzene rings is 2. The van der Waals surface area contributed by atoms with Crippen LogP contribution < -0.4 is 9.47 Å². The molecule has 0 saturated heterocycles. The zero-order chi connectivity index (χ0) is 19.8. The molecule has 2 aromatic carbocycles. The van der Waals surface area contributed by atoms with Crippen LogP contribution in [0, 0.1) is 0 Å². The average Bonchev–Trinajstić information content (AvgIpc) is 2.63. The third-order valence-electron chi connectivity index (χ3n) is 3.33. The highest BCUT2D eigenvalue weighted by Gasteiger charge is 2.17. The molecule has 0 unspecified atom stereocenters. The maximum Gasteiger partial charge on any atom is 0.347 e. The highest BCUT2D eigenvalue weighted by Crippen LogP contribution is 2.26. The topological polar surface area (TPSA) is 71.1 Å². The molecule has 2 aromatic rings. The van der Waals surface area contributed by atoms with E-state index in [2.05, 4.69) is 15.9 Å². The lowest BCUT2D eigenvalue weighted by Crippen LogP contribution is -2.14. The van der Waals surface area contributed by atoms with Gasteiger partial charge in [0.1, 0.15) is 23.7 Å². The maximum absolute atomic E-state index is 12.6. The number of hydrogen-bond acceptors (Lipinski definition) is 6. The van der Waals surface area contributed by atoms with Crippen molar-refractivity contribution in [3.8, 4) is 11.5 Å². The van der Waals surface area contributed by atoms with Gasteiger partial charge in [-0.3, -0.25) is 0 Å². The molecule has 0 aliphatic carbocycles. The average molecular weight is 437 g/mol. The second kappa shape index (κ2) is 10.1. The van der Waals surface area contributed by atoms with E-state index >= 15 is 0 Å². The zero-order valence-electron chi connectivity index (χ0n) is 15.4. The lowest BCUT2D eigenvalue weighted by molar-refractivity contribution is 0.0387. The first-order chi connectivity index (χ1) is 12.9. The first kappa shape index (κ1) is 20.9. The lowest BCUT2D eigenvalue weighted by atomic mass is 10.2. The molecule has 0 amide bonds. The third-order valence-corrected chi connectivity index (χ3v) is 3.82. The number of carbonyl (C=O) groups is 2. The van der Waals surface area contributed by atoms with E-state index < -0.39 is 11.9 Å². The lowest BCUT2D eigenvalue weighted by Gasteiger charge is -2.14. The van der Waals surface area contributed by atoms with E-state index in [1.54, 1.807) is 36.4 Å². The van der Waals surface area contributed by atoms with Gasteiger partial charge in [-0.2, -0.15) is 0 Å². The Labute approximate surface area is 166 Å². The Bertz CT molecular complexity index is 803. The minimum atomic E-state index is -0.586. The van der Waals surface area contributed by atoms with E-state index in [1.165, 1.54) is 13.2 Å². The molecule has 7 heteroatoms. The smallest absolute Gasteiger partial charge is 0.347 e. The van der Waals surface area contributed by atoms with E-state index in [-0.39, 0.29) is 29.6 Å². The zero-order valence-corrected chi connectivity index (χ0v) is 16.9. The van der Waals surface area contributed by atoms with Gasteiger partial charge in [-0.1, -0.05) is 22.0 Å². The summed E-state index contributed by atoms with van der Waals surface area (Å²) < 4.78 is 21.7. The fourth-order valence-electron chi connectivity index (χ4n) is 2.17. The van der Waals surface area contributed by atoms with Gasteiger partial charge in [0.25, 0.3) is 0 Å². The van der Waals surface area contributed by atoms with Gasteiger partial charge in [-0.25, -0.2) is 9.59 Å². The third kappa shape index (κ3) is 6.37. The Hall–Kier alpha value is -2.38. The number of esters is 2. The van der Waals surface area contributed by atoms with Crippen molar-refractivity contribution in [1.82, 2.24) is 0 Å². The van der Waals surface area contributed by atoms with Crippen molar-refractivity contribution in [2.24, 2.45) is 0 Å². The summed E-state index contributed by atoms with van der Waals surface area (Å²) in [6, 6.07) is 11.3. The largest absolute Gasteiger partial charge is 0.490 e. The Morgan fingerprint density at radius 2 is 1.81 bits per heavy atom. The number of ether oxygens (including phenoxy) is 4. The van der Waals surface area contributed by atoms with Gasteiger partial charge in [0.05, 0.1) is 18.3 Å². The highest BCUT2D eigenvalue weighted by molar-refractivity contribution is 9.10. The van der Waals surface area contributed by atoms with Crippen LogP contribution in [0.4, 0.5) is 0 Å². The summed E-state index contributed by atoms with van der Waals surface area (Å²) in [5.41, 5.74) is 0.565. The van der Waals surface area contributed by atoms with Gasteiger partial charge in [0, 0.05) is 11.6 Å².